The van der Waals surface area contributed by atoms with Gasteiger partial charge in [0.25, 0.3) is 0 Å². The van der Waals surface area contributed by atoms with Gasteiger partial charge in [0.05, 0.1) is 7.11 Å². The van der Waals surface area contributed by atoms with Crippen LogP contribution in [0.3, 0.4) is 0 Å². The van der Waals surface area contributed by atoms with Gasteiger partial charge in [0.1, 0.15) is 0 Å². The summed E-state index contributed by atoms with van der Waals surface area (Å²) in [5.41, 5.74) is 0. The fourth-order valence-electron chi connectivity index (χ4n) is 3.08. The van der Waals surface area contributed by atoms with E-state index in [9.17, 15) is 4.79 Å². The van der Waals surface area contributed by atoms with Crippen molar-refractivity contribution in [3.63, 3.8) is 0 Å². The van der Waals surface area contributed by atoms with Crippen molar-refractivity contribution in [3.05, 3.63) is 0 Å². The highest BCUT2D eigenvalue weighted by molar-refractivity contribution is 5.79. The number of methoxy groups -OCH3 is 1. The zero-order valence-electron chi connectivity index (χ0n) is 15.0. The second kappa shape index (κ2) is 13.2. The molecule has 1 rings (SSSR count). The van der Waals surface area contributed by atoms with Gasteiger partial charge in [0, 0.05) is 26.1 Å². The van der Waals surface area contributed by atoms with Crippen LogP contribution in [0.15, 0.2) is 4.99 Å². The number of esters is 1. The van der Waals surface area contributed by atoms with E-state index in [2.05, 4.69) is 27.3 Å². The topological polar surface area (TPSA) is 62.7 Å². The minimum atomic E-state index is -0.132. The van der Waals surface area contributed by atoms with Crippen LogP contribution < -0.4 is 10.6 Å². The lowest BCUT2D eigenvalue weighted by Crippen LogP contribution is -2.37. The average Bonchev–Trinajstić information content (AvgIpc) is 3.07. The number of aliphatic imine (C=N–C) groups is 1. The van der Waals surface area contributed by atoms with Crippen molar-refractivity contribution in [2.24, 2.45) is 10.9 Å². The summed E-state index contributed by atoms with van der Waals surface area (Å²) in [6.07, 6.45) is 11.9. The molecular weight excluding hydrogens is 290 g/mol. The molecular formula is C18H35N3O2. The molecule has 0 saturated heterocycles. The molecule has 0 aliphatic heterocycles. The number of unbranched alkanes of at least 4 members (excludes halogenated alkanes) is 2. The van der Waals surface area contributed by atoms with Crippen molar-refractivity contribution in [1.82, 2.24) is 10.6 Å². The van der Waals surface area contributed by atoms with Crippen molar-refractivity contribution >= 4 is 11.9 Å². The van der Waals surface area contributed by atoms with E-state index in [0.29, 0.717) is 6.42 Å². The van der Waals surface area contributed by atoms with Gasteiger partial charge >= 0.3 is 5.97 Å². The number of carbonyl (C=O) groups is 1. The number of nitrogens with one attached hydrogen (secondary N) is 2. The Morgan fingerprint density at radius 2 is 1.91 bits per heavy atom. The summed E-state index contributed by atoms with van der Waals surface area (Å²) < 4.78 is 4.63. The number of hydrogen-bond acceptors (Lipinski definition) is 3. The van der Waals surface area contributed by atoms with Crippen LogP contribution in [-0.2, 0) is 9.53 Å². The highest BCUT2D eigenvalue weighted by atomic mass is 16.5. The quantitative estimate of drug-likeness (QED) is 0.265. The lowest BCUT2D eigenvalue weighted by molar-refractivity contribution is -0.140. The first-order chi connectivity index (χ1) is 11.3. The van der Waals surface area contributed by atoms with Crippen LogP contribution in [0.1, 0.15) is 71.1 Å². The molecule has 23 heavy (non-hydrogen) atoms. The van der Waals surface area contributed by atoms with Crippen LogP contribution in [0.4, 0.5) is 0 Å². The first-order valence-corrected chi connectivity index (χ1v) is 9.35. The fourth-order valence-corrected chi connectivity index (χ4v) is 3.08. The maximum atomic E-state index is 11.0. The van der Waals surface area contributed by atoms with Crippen LogP contribution in [0.5, 0.6) is 0 Å². The number of rotatable bonds is 11. The highest BCUT2D eigenvalue weighted by Crippen LogP contribution is 2.28. The van der Waals surface area contributed by atoms with Gasteiger partial charge in [-0.2, -0.15) is 0 Å². The molecule has 5 nitrogen and oxygen atoms in total. The Balaban J connectivity index is 2.07. The molecule has 0 aromatic carbocycles. The van der Waals surface area contributed by atoms with E-state index < -0.39 is 0 Å². The second-order valence-electron chi connectivity index (χ2n) is 6.37. The maximum absolute atomic E-state index is 11.0. The Bertz CT molecular complexity index is 339. The molecule has 0 bridgehead atoms. The van der Waals surface area contributed by atoms with Crippen molar-refractivity contribution in [2.45, 2.75) is 71.1 Å². The molecule has 1 aliphatic carbocycles. The summed E-state index contributed by atoms with van der Waals surface area (Å²) in [6, 6.07) is 0. The molecule has 0 aromatic heterocycles. The molecule has 5 heteroatoms. The zero-order chi connectivity index (χ0) is 16.8. The minimum Gasteiger partial charge on any atom is -0.469 e. The summed E-state index contributed by atoms with van der Waals surface area (Å²) in [5, 5.41) is 6.60. The lowest BCUT2D eigenvalue weighted by Gasteiger charge is -2.11. The molecule has 0 spiro atoms. The van der Waals surface area contributed by atoms with E-state index in [-0.39, 0.29) is 5.97 Å². The largest absolute Gasteiger partial charge is 0.469 e. The van der Waals surface area contributed by atoms with Crippen LogP contribution in [-0.4, -0.2) is 38.7 Å². The van der Waals surface area contributed by atoms with E-state index in [1.807, 2.05) is 0 Å². The Hall–Kier alpha value is -1.26. The minimum absolute atomic E-state index is 0.132. The van der Waals surface area contributed by atoms with Gasteiger partial charge in [-0.15, -0.1) is 0 Å². The van der Waals surface area contributed by atoms with Crippen molar-refractivity contribution in [1.29, 1.82) is 0 Å². The first-order valence-electron chi connectivity index (χ1n) is 9.35. The van der Waals surface area contributed by atoms with E-state index in [1.54, 1.807) is 0 Å². The van der Waals surface area contributed by atoms with Gasteiger partial charge in [0.15, 0.2) is 5.96 Å². The van der Waals surface area contributed by atoms with E-state index >= 15 is 0 Å². The SMILES string of the molecule is CCNC(=NCCCCC1CCCC1)NCCCCC(=O)OC. The van der Waals surface area contributed by atoms with Crippen LogP contribution in [0, 0.1) is 5.92 Å². The predicted octanol–water partition coefficient (Wildman–Crippen LogP) is 3.25. The molecule has 0 atom stereocenters. The number of guanidine groups is 1. The predicted molar refractivity (Wildman–Crippen MR) is 95.7 cm³/mol. The number of nitrogens with zero attached hydrogens (tertiary/aromatic N) is 1. The van der Waals surface area contributed by atoms with Crippen LogP contribution in [0.25, 0.3) is 0 Å². The average molecular weight is 325 g/mol. The molecule has 134 valence electrons. The monoisotopic (exact) mass is 325 g/mol. The number of hydrogen-bond donors (Lipinski definition) is 2. The van der Waals surface area contributed by atoms with Crippen molar-refractivity contribution in [3.8, 4) is 0 Å². The second-order valence-corrected chi connectivity index (χ2v) is 6.37. The van der Waals surface area contributed by atoms with E-state index in [4.69, 9.17) is 0 Å². The van der Waals surface area contributed by atoms with Gasteiger partial charge in [-0.1, -0.05) is 38.5 Å². The van der Waals surface area contributed by atoms with Gasteiger partial charge in [-0.3, -0.25) is 9.79 Å². The van der Waals surface area contributed by atoms with E-state index in [1.165, 1.54) is 52.1 Å². The molecule has 1 saturated carbocycles. The molecule has 1 fully saturated rings. The first kappa shape index (κ1) is 19.8. The Kier molecular flexibility index (Phi) is 11.4. The summed E-state index contributed by atoms with van der Waals surface area (Å²) in [7, 11) is 1.43. The third kappa shape index (κ3) is 10.2. The molecule has 0 aromatic rings. The molecule has 2 N–H and O–H groups in total. The zero-order valence-corrected chi connectivity index (χ0v) is 15.0. The summed E-state index contributed by atoms with van der Waals surface area (Å²) >= 11 is 0. The Morgan fingerprint density at radius 3 is 2.61 bits per heavy atom. The highest BCUT2D eigenvalue weighted by Gasteiger charge is 2.13. The maximum Gasteiger partial charge on any atom is 0.305 e. The Morgan fingerprint density at radius 1 is 1.13 bits per heavy atom. The third-order valence-corrected chi connectivity index (χ3v) is 4.44. The van der Waals surface area contributed by atoms with Gasteiger partial charge in [-0.05, 0) is 32.1 Å². The summed E-state index contributed by atoms with van der Waals surface area (Å²) in [5.74, 6) is 1.75. The number of ether oxygens (including phenoxy) is 1. The van der Waals surface area contributed by atoms with Gasteiger partial charge in [-0.25, -0.2) is 0 Å². The standard InChI is InChI=1S/C18H35N3O2/c1-3-19-18(21-15-9-7-13-17(22)23-2)20-14-8-6-12-16-10-4-5-11-16/h16H,3-15H2,1-2H3,(H2,19,20,21). The Labute approximate surface area is 141 Å². The summed E-state index contributed by atoms with van der Waals surface area (Å²) in [4.78, 5) is 15.7. The van der Waals surface area contributed by atoms with Crippen LogP contribution in [0.2, 0.25) is 0 Å². The molecule has 0 amide bonds. The molecule has 0 heterocycles. The van der Waals surface area contributed by atoms with Gasteiger partial charge < -0.3 is 15.4 Å². The normalized spacial score (nSPS) is 15.7. The third-order valence-electron chi connectivity index (χ3n) is 4.44. The molecule has 1 aliphatic rings. The summed E-state index contributed by atoms with van der Waals surface area (Å²) in [6.45, 7) is 4.68. The molecule has 0 radical (unpaired) electrons. The lowest BCUT2D eigenvalue weighted by atomic mass is 10.0. The molecule has 0 unspecified atom stereocenters. The van der Waals surface area contributed by atoms with Crippen LogP contribution >= 0.6 is 0 Å². The van der Waals surface area contributed by atoms with Crippen molar-refractivity contribution in [2.75, 3.05) is 26.7 Å². The van der Waals surface area contributed by atoms with E-state index in [0.717, 1.165) is 44.4 Å². The van der Waals surface area contributed by atoms with Gasteiger partial charge in [0.2, 0.25) is 0 Å². The number of carbonyl (C=O) groups excluding carboxylic acids is 1. The fraction of sp³-hybridized carbons (Fsp3) is 0.889. The smallest absolute Gasteiger partial charge is 0.305 e. The van der Waals surface area contributed by atoms with Crippen molar-refractivity contribution < 1.29 is 9.53 Å².